The molecule has 0 radical (unpaired) electrons. The molecule has 1 heterocycles. The summed E-state index contributed by atoms with van der Waals surface area (Å²) in [6, 6.07) is 9.81. The van der Waals surface area contributed by atoms with Crippen LogP contribution < -0.4 is 11.1 Å². The Morgan fingerprint density at radius 2 is 1.91 bits per heavy atom. The van der Waals surface area contributed by atoms with E-state index in [4.69, 9.17) is 5.73 Å². The van der Waals surface area contributed by atoms with Crippen LogP contribution in [-0.2, 0) is 6.42 Å². The molecule has 0 aliphatic heterocycles. The Bertz CT molecular complexity index is 640. The molecule has 1 aromatic heterocycles. The second kappa shape index (κ2) is 7.07. The summed E-state index contributed by atoms with van der Waals surface area (Å²) in [6.45, 7) is 5.91. The number of nitrogens with one attached hydrogen (secondary N) is 1. The number of carbonyl (C=O) groups excluding carboxylic acids is 1. The summed E-state index contributed by atoms with van der Waals surface area (Å²) in [4.78, 5) is 16.6. The van der Waals surface area contributed by atoms with Crippen molar-refractivity contribution >= 4 is 17.4 Å². The third kappa shape index (κ3) is 3.85. The first-order chi connectivity index (χ1) is 10.5. The highest BCUT2D eigenvalue weighted by Crippen LogP contribution is 2.19. The highest BCUT2D eigenvalue weighted by molar-refractivity contribution is 6.08. The molecule has 116 valence electrons. The van der Waals surface area contributed by atoms with E-state index in [1.54, 1.807) is 0 Å². The first kappa shape index (κ1) is 16.0. The molecule has 0 unspecified atom stereocenters. The molecule has 0 fully saturated rings. The molecule has 4 heteroatoms. The van der Waals surface area contributed by atoms with Gasteiger partial charge in [0.1, 0.15) is 5.82 Å². The third-order valence-corrected chi connectivity index (χ3v) is 3.63. The lowest BCUT2D eigenvalue weighted by atomic mass is 10.1. The van der Waals surface area contributed by atoms with Crippen molar-refractivity contribution in [3.8, 4) is 0 Å². The second-order valence-corrected chi connectivity index (χ2v) is 5.60. The van der Waals surface area contributed by atoms with Crippen molar-refractivity contribution in [1.29, 1.82) is 0 Å². The second-order valence-electron chi connectivity index (χ2n) is 5.60. The van der Waals surface area contributed by atoms with Crippen LogP contribution in [-0.4, -0.2) is 10.9 Å². The lowest BCUT2D eigenvalue weighted by molar-refractivity contribution is 0.102. The zero-order chi connectivity index (χ0) is 16.1. The summed E-state index contributed by atoms with van der Waals surface area (Å²) < 4.78 is 0. The average Bonchev–Trinajstić information content (AvgIpc) is 2.45. The molecule has 0 spiro atoms. The number of carbonyl (C=O) groups is 1. The number of anilines is 2. The number of rotatable bonds is 5. The molecule has 3 N–H and O–H groups in total. The van der Waals surface area contributed by atoms with Crippen molar-refractivity contribution < 1.29 is 4.79 Å². The van der Waals surface area contributed by atoms with Crippen LogP contribution in [0, 0.1) is 13.8 Å². The molecule has 1 amide bonds. The highest BCUT2D eigenvalue weighted by atomic mass is 16.1. The lowest BCUT2D eigenvalue weighted by Crippen LogP contribution is -2.17. The zero-order valence-corrected chi connectivity index (χ0v) is 13.4. The molecule has 0 aliphatic carbocycles. The van der Waals surface area contributed by atoms with Gasteiger partial charge in [-0.3, -0.25) is 4.79 Å². The number of benzene rings is 1. The van der Waals surface area contributed by atoms with E-state index in [9.17, 15) is 4.79 Å². The molecular formula is C18H23N3O. The van der Waals surface area contributed by atoms with Crippen molar-refractivity contribution in [2.45, 2.75) is 40.0 Å². The van der Waals surface area contributed by atoms with Crippen molar-refractivity contribution in [2.75, 3.05) is 11.1 Å². The van der Waals surface area contributed by atoms with Gasteiger partial charge in [0.15, 0.2) is 0 Å². The molecular weight excluding hydrogens is 274 g/mol. The van der Waals surface area contributed by atoms with Crippen LogP contribution >= 0.6 is 0 Å². The van der Waals surface area contributed by atoms with E-state index >= 15 is 0 Å². The summed E-state index contributed by atoms with van der Waals surface area (Å²) in [7, 11) is 0. The Labute approximate surface area is 131 Å². The van der Waals surface area contributed by atoms with E-state index in [2.05, 4.69) is 29.4 Å². The molecule has 2 aromatic rings. The summed E-state index contributed by atoms with van der Waals surface area (Å²) in [5.41, 5.74) is 10.0. The fourth-order valence-corrected chi connectivity index (χ4v) is 2.49. The monoisotopic (exact) mass is 297 g/mol. The molecule has 2 rings (SSSR count). The minimum absolute atomic E-state index is 0.219. The van der Waals surface area contributed by atoms with Crippen molar-refractivity contribution in [3.05, 3.63) is 52.7 Å². The maximum Gasteiger partial charge on any atom is 0.259 e. The Balaban J connectivity index is 2.12. The van der Waals surface area contributed by atoms with Crippen LogP contribution in [0.5, 0.6) is 0 Å². The topological polar surface area (TPSA) is 68.0 Å². The number of hydrogen-bond acceptors (Lipinski definition) is 3. The van der Waals surface area contributed by atoms with Crippen molar-refractivity contribution in [1.82, 2.24) is 4.98 Å². The molecule has 4 nitrogen and oxygen atoms in total. The van der Waals surface area contributed by atoms with Gasteiger partial charge in [0.25, 0.3) is 5.91 Å². The number of nitrogens with two attached hydrogens (primary N) is 1. The summed E-state index contributed by atoms with van der Waals surface area (Å²) in [5.74, 6) is 0.0541. The SMILES string of the molecule is CCCCc1ccc(NC(=O)c2c(C)cc(C)nc2N)cc1. The van der Waals surface area contributed by atoms with E-state index in [-0.39, 0.29) is 11.7 Å². The smallest absolute Gasteiger partial charge is 0.259 e. The fourth-order valence-electron chi connectivity index (χ4n) is 2.49. The number of amides is 1. The average molecular weight is 297 g/mol. The lowest BCUT2D eigenvalue weighted by Gasteiger charge is -2.11. The Hall–Kier alpha value is -2.36. The van der Waals surface area contributed by atoms with Crippen LogP contribution in [0.2, 0.25) is 0 Å². The molecule has 22 heavy (non-hydrogen) atoms. The van der Waals surface area contributed by atoms with Crippen LogP contribution in [0.15, 0.2) is 30.3 Å². The minimum atomic E-state index is -0.219. The van der Waals surface area contributed by atoms with E-state index < -0.39 is 0 Å². The highest BCUT2D eigenvalue weighted by Gasteiger charge is 2.14. The van der Waals surface area contributed by atoms with Crippen LogP contribution in [0.25, 0.3) is 0 Å². The number of hydrogen-bond donors (Lipinski definition) is 2. The van der Waals surface area contributed by atoms with Crippen LogP contribution in [0.1, 0.15) is 46.9 Å². The predicted octanol–water partition coefficient (Wildman–Crippen LogP) is 3.88. The first-order valence-corrected chi connectivity index (χ1v) is 7.65. The number of aryl methyl sites for hydroxylation is 3. The van der Waals surface area contributed by atoms with Gasteiger partial charge < -0.3 is 11.1 Å². The number of aromatic nitrogens is 1. The molecule has 0 saturated heterocycles. The van der Waals surface area contributed by atoms with Gasteiger partial charge in [-0.25, -0.2) is 4.98 Å². The van der Waals surface area contributed by atoms with Gasteiger partial charge in [-0.2, -0.15) is 0 Å². The largest absolute Gasteiger partial charge is 0.383 e. The number of nitrogens with zero attached hydrogens (tertiary/aromatic N) is 1. The van der Waals surface area contributed by atoms with Gasteiger partial charge in [-0.1, -0.05) is 25.5 Å². The van der Waals surface area contributed by atoms with Crippen molar-refractivity contribution in [3.63, 3.8) is 0 Å². The Morgan fingerprint density at radius 3 is 2.50 bits per heavy atom. The maximum atomic E-state index is 12.4. The number of unbranched alkanes of at least 4 members (excludes halogenated alkanes) is 1. The van der Waals surface area contributed by atoms with Crippen LogP contribution in [0.4, 0.5) is 11.5 Å². The fraction of sp³-hybridized carbons (Fsp3) is 0.333. The number of pyridine rings is 1. The van der Waals surface area contributed by atoms with Gasteiger partial charge in [-0.05, 0) is 56.0 Å². The summed E-state index contributed by atoms with van der Waals surface area (Å²) in [6.07, 6.45) is 3.42. The van der Waals surface area contributed by atoms with Gasteiger partial charge in [-0.15, -0.1) is 0 Å². The predicted molar refractivity (Wildman–Crippen MR) is 91.1 cm³/mol. The van der Waals surface area contributed by atoms with E-state index in [1.807, 2.05) is 32.0 Å². The minimum Gasteiger partial charge on any atom is -0.383 e. The van der Waals surface area contributed by atoms with Gasteiger partial charge in [0.05, 0.1) is 5.56 Å². The number of nitrogen functional groups attached to an aromatic ring is 1. The summed E-state index contributed by atoms with van der Waals surface area (Å²) >= 11 is 0. The Kier molecular flexibility index (Phi) is 5.15. The van der Waals surface area contributed by atoms with Gasteiger partial charge in [0, 0.05) is 11.4 Å². The van der Waals surface area contributed by atoms with Crippen molar-refractivity contribution in [2.24, 2.45) is 0 Å². The van der Waals surface area contributed by atoms with Gasteiger partial charge in [0.2, 0.25) is 0 Å². The first-order valence-electron chi connectivity index (χ1n) is 7.65. The quantitative estimate of drug-likeness (QED) is 0.880. The third-order valence-electron chi connectivity index (χ3n) is 3.63. The summed E-state index contributed by atoms with van der Waals surface area (Å²) in [5, 5.41) is 2.88. The maximum absolute atomic E-state index is 12.4. The molecule has 1 aromatic carbocycles. The molecule has 0 aliphatic rings. The molecule has 0 saturated carbocycles. The van der Waals surface area contributed by atoms with E-state index in [1.165, 1.54) is 18.4 Å². The zero-order valence-electron chi connectivity index (χ0n) is 13.4. The van der Waals surface area contributed by atoms with E-state index in [0.29, 0.717) is 5.56 Å². The van der Waals surface area contributed by atoms with E-state index in [0.717, 1.165) is 23.4 Å². The van der Waals surface area contributed by atoms with Crippen LogP contribution in [0.3, 0.4) is 0 Å². The van der Waals surface area contributed by atoms with Gasteiger partial charge >= 0.3 is 0 Å². The Morgan fingerprint density at radius 1 is 1.23 bits per heavy atom. The molecule has 0 bridgehead atoms. The normalized spacial score (nSPS) is 10.5. The molecule has 0 atom stereocenters. The standard InChI is InChI=1S/C18H23N3O/c1-4-5-6-14-7-9-15(10-8-14)21-18(22)16-12(2)11-13(3)20-17(16)19/h7-11H,4-6H2,1-3H3,(H2,19,20)(H,21,22).